The van der Waals surface area contributed by atoms with Crippen LogP contribution in [0.5, 0.6) is 0 Å². The molecule has 30 heavy (non-hydrogen) atoms. The summed E-state index contributed by atoms with van der Waals surface area (Å²) in [6.45, 7) is 0. The SMILES string of the molecule is O=[Si]([O-])F.O=[Si]([O-])F.O=[Si]([O-])F.O=[Si]([O-])F.O=[Si]([O-])F.O=[Si]([O-])F.[Tl+].[Tl+].[Tl+].[Tl+].[Tl+].[Tl+]. The summed E-state index contributed by atoms with van der Waals surface area (Å²) >= 11 is 0. The van der Waals surface area contributed by atoms with Crippen LogP contribution in [0.15, 0.2) is 0 Å². The van der Waals surface area contributed by atoms with Gasteiger partial charge < -0.3 is 55.5 Å². The maximum Gasteiger partial charge on any atom is 1.00 e. The Morgan fingerprint density at radius 3 is 0.300 bits per heavy atom. The van der Waals surface area contributed by atoms with Crippen LogP contribution >= 0.6 is 0 Å². The van der Waals surface area contributed by atoms with Crippen molar-refractivity contribution in [3.63, 3.8) is 0 Å². The molecule has 12 nitrogen and oxygen atoms in total. The van der Waals surface area contributed by atoms with Crippen LogP contribution in [0.25, 0.3) is 0 Å². The fraction of sp³-hybridized carbons (Fsp3) is 0. The zero-order valence-electron chi connectivity index (χ0n) is 13.6. The van der Waals surface area contributed by atoms with Gasteiger partial charge in [0.05, 0.1) is 0 Å². The molecule has 0 rings (SSSR count). The van der Waals surface area contributed by atoms with Crippen LogP contribution in [0.1, 0.15) is 0 Å². The molecular formula is F6O12Si6Tl6. The molecular weight excluding hydrogens is 1700 g/mol. The minimum atomic E-state index is -3.88. The first-order valence-electron chi connectivity index (χ1n) is 3.58. The third-order valence-electron chi connectivity index (χ3n) is 0. The molecule has 30 heteroatoms. The van der Waals surface area contributed by atoms with Crippen molar-refractivity contribution in [3.8, 4) is 0 Å². The molecule has 0 aromatic heterocycles. The Labute approximate surface area is 294 Å². The van der Waals surface area contributed by atoms with Gasteiger partial charge in [-0.1, -0.05) is 0 Å². The van der Waals surface area contributed by atoms with Crippen molar-refractivity contribution in [1.82, 2.24) is 0 Å². The summed E-state index contributed by atoms with van der Waals surface area (Å²) in [5.74, 6) is 0. The van der Waals surface area contributed by atoms with Gasteiger partial charge in [-0.25, -0.2) is 0 Å². The maximum absolute atomic E-state index is 9.99. The summed E-state index contributed by atoms with van der Waals surface area (Å²) in [6.07, 6.45) is 0. The van der Waals surface area contributed by atoms with Gasteiger partial charge in [-0.3, -0.25) is 24.6 Å². The van der Waals surface area contributed by atoms with E-state index in [-0.39, 0.29) is 164 Å². The number of halogens is 6. The molecule has 0 unspecified atom stereocenters. The number of hydrogen-bond donors (Lipinski definition) is 0. The fourth-order valence-corrected chi connectivity index (χ4v) is 0. The van der Waals surface area contributed by atoms with Crippen LogP contribution < -0.4 is 28.8 Å². The van der Waals surface area contributed by atoms with Gasteiger partial charge in [-0.2, -0.15) is 0 Å². The monoisotopic (exact) mass is 1700 g/mol. The molecule has 0 aromatic carbocycles. The summed E-state index contributed by atoms with van der Waals surface area (Å²) in [4.78, 5) is 50.4. The number of hydrogen-bond acceptors (Lipinski definition) is 12. The maximum atomic E-state index is 9.99. The Morgan fingerprint density at radius 2 is 0.300 bits per heavy atom. The molecule has 0 fully saturated rings. The van der Waals surface area contributed by atoms with Crippen LogP contribution in [-0.2, 0) is 26.8 Å². The quantitative estimate of drug-likeness (QED) is 0.125. The summed E-state index contributed by atoms with van der Waals surface area (Å²) in [6, 6.07) is 0. The molecule has 0 saturated carbocycles. The van der Waals surface area contributed by atoms with Gasteiger partial charge in [0.25, 0.3) is 0 Å². The van der Waals surface area contributed by atoms with Crippen molar-refractivity contribution < 1.29 is 80.2 Å². The van der Waals surface area contributed by atoms with E-state index in [1.54, 1.807) is 0 Å². The first-order chi connectivity index (χ1) is 10.4. The minimum Gasteiger partial charge on any atom is -0.560 e. The standard InChI is InChI=1S/6FO2Si.6Tl/c6*1-4(2)3;;;;;;/q6*-1;6*+1. The van der Waals surface area contributed by atoms with Gasteiger partial charge in [0.1, 0.15) is 0 Å². The van der Waals surface area contributed by atoms with Gasteiger partial charge in [0.2, 0.25) is 0 Å². The van der Waals surface area contributed by atoms with E-state index in [4.69, 9.17) is 55.5 Å². The Hall–Kier alpha value is 4.01. The molecule has 0 aliphatic rings. The van der Waals surface area contributed by atoms with Crippen molar-refractivity contribution in [2.24, 2.45) is 0 Å². The van der Waals surface area contributed by atoms with E-state index in [1.165, 1.54) is 0 Å². The largest absolute Gasteiger partial charge is 1.00 e. The van der Waals surface area contributed by atoms with Crippen molar-refractivity contribution >= 4 is 219 Å². The molecule has 0 radical (unpaired) electrons. The van der Waals surface area contributed by atoms with E-state index >= 15 is 0 Å². The summed E-state index contributed by atoms with van der Waals surface area (Å²) in [5.41, 5.74) is 0. The second-order valence-electron chi connectivity index (χ2n) is 1.43. The van der Waals surface area contributed by atoms with Gasteiger partial charge >= 0.3 is 219 Å². The minimum absolute atomic E-state index is 0. The van der Waals surface area contributed by atoms with Crippen molar-refractivity contribution in [2.75, 3.05) is 0 Å². The molecule has 0 heterocycles. The van der Waals surface area contributed by atoms with E-state index < -0.39 is 55.6 Å². The molecule has 0 aromatic rings. The van der Waals surface area contributed by atoms with Crippen molar-refractivity contribution in [1.29, 1.82) is 0 Å². The zero-order chi connectivity index (χ0) is 21.5. The van der Waals surface area contributed by atoms with E-state index in [1.807, 2.05) is 0 Å². The normalized spacial score (nSPS) is 5.00. The van der Waals surface area contributed by atoms with Crippen LogP contribution in [0, 0.1) is 0 Å². The van der Waals surface area contributed by atoms with Crippen molar-refractivity contribution in [2.45, 2.75) is 0 Å². The van der Waals surface area contributed by atoms with E-state index in [9.17, 15) is 24.6 Å². The molecule has 0 saturated heterocycles. The van der Waals surface area contributed by atoms with E-state index in [0.717, 1.165) is 0 Å². The van der Waals surface area contributed by atoms with Gasteiger partial charge in [-0.15, -0.1) is 0 Å². The molecule has 0 aliphatic carbocycles. The van der Waals surface area contributed by atoms with Crippen LogP contribution in [0.2, 0.25) is 0 Å². The van der Waals surface area contributed by atoms with Crippen LogP contribution in [0.4, 0.5) is 24.6 Å². The molecule has 0 atom stereocenters. The van der Waals surface area contributed by atoms with Gasteiger partial charge in [0, 0.05) is 0 Å². The molecule has 0 N–H and O–H groups in total. The fourth-order valence-electron chi connectivity index (χ4n) is 0. The molecule has 0 spiro atoms. The third kappa shape index (κ3) is 1910. The van der Waals surface area contributed by atoms with Crippen molar-refractivity contribution in [3.05, 3.63) is 0 Å². The van der Waals surface area contributed by atoms with Gasteiger partial charge in [-0.05, 0) is 0 Å². The topological polar surface area (TPSA) is 241 Å². The first-order valence-corrected chi connectivity index (χ1v) is 10.8. The van der Waals surface area contributed by atoms with E-state index in [0.29, 0.717) is 0 Å². The average molecular weight is 1700 g/mol. The summed E-state index contributed by atoms with van der Waals surface area (Å²) in [7, 11) is -23.3. The zero-order valence-corrected chi connectivity index (χ0v) is 46.6. The molecule has 156 valence electrons. The second kappa shape index (κ2) is 69.8. The smallest absolute Gasteiger partial charge is 0.560 e. The van der Waals surface area contributed by atoms with E-state index in [2.05, 4.69) is 0 Å². The predicted octanol–water partition coefficient (Wildman–Crippen LogP) is -9.90. The third-order valence-corrected chi connectivity index (χ3v) is 0. The van der Waals surface area contributed by atoms with Crippen LogP contribution in [0.3, 0.4) is 0 Å². The average Bonchev–Trinajstić information content (AvgIpc) is 2.08. The predicted molar refractivity (Wildman–Crippen MR) is 79.8 cm³/mol. The number of rotatable bonds is 0. The Morgan fingerprint density at radius 1 is 0.300 bits per heavy atom. The molecule has 0 bridgehead atoms. The molecule has 0 aliphatic heterocycles. The first kappa shape index (κ1) is 76.5. The Balaban J connectivity index is -0.0000000125. The van der Waals surface area contributed by atoms with Crippen LogP contribution in [-0.4, -0.2) is 219 Å². The van der Waals surface area contributed by atoms with Gasteiger partial charge in [0.15, 0.2) is 0 Å². The summed E-state index contributed by atoms with van der Waals surface area (Å²) < 4.78 is 110. The Kier molecular flexibility index (Phi) is 178. The second-order valence-corrected chi connectivity index (χ2v) is 4.28. The Bertz CT molecular complexity index is 289. The molecule has 0 amide bonds. The summed E-state index contributed by atoms with van der Waals surface area (Å²) in [5, 5.41) is 0.